The van der Waals surface area contributed by atoms with Gasteiger partial charge in [-0.3, -0.25) is 4.79 Å². The van der Waals surface area contributed by atoms with E-state index in [1.807, 2.05) is 35.2 Å². The number of methoxy groups -OCH3 is 2. The van der Waals surface area contributed by atoms with Crippen LogP contribution in [0.2, 0.25) is 0 Å². The van der Waals surface area contributed by atoms with Crippen molar-refractivity contribution in [2.45, 2.75) is 11.3 Å². The minimum Gasteiger partial charge on any atom is -0.497 e. The normalized spacial score (nSPS) is 23.8. The van der Waals surface area contributed by atoms with E-state index in [1.54, 1.807) is 18.2 Å². The molecule has 2 aromatic rings. The molecule has 0 aromatic heterocycles. The van der Waals surface area contributed by atoms with E-state index in [-0.39, 0.29) is 22.8 Å². The fraction of sp³-hybridized carbons (Fsp3) is 0.300. The number of aliphatic imine (C=N–C) groups is 1. The quantitative estimate of drug-likeness (QED) is 0.734. The Labute approximate surface area is 173 Å². The van der Waals surface area contributed by atoms with Crippen molar-refractivity contribution in [3.05, 3.63) is 54.1 Å². The number of benzene rings is 2. The SMILES string of the molecule is COc1cc(OC)cc(C(=O)N=C2S[C@@H]3CS(=O)(=O)C[C@@H]3N2c2ccccc2)c1. The maximum atomic E-state index is 12.9. The molecule has 2 atom stereocenters. The Bertz CT molecular complexity index is 1050. The van der Waals surface area contributed by atoms with Crippen LogP contribution >= 0.6 is 11.8 Å². The van der Waals surface area contributed by atoms with Crippen molar-refractivity contribution in [3.8, 4) is 11.5 Å². The van der Waals surface area contributed by atoms with Crippen molar-refractivity contribution in [2.75, 3.05) is 30.6 Å². The Morgan fingerprint density at radius 2 is 1.72 bits per heavy atom. The molecule has 9 heteroatoms. The number of hydrogen-bond donors (Lipinski definition) is 0. The zero-order valence-electron chi connectivity index (χ0n) is 15.9. The number of ether oxygens (including phenoxy) is 2. The lowest BCUT2D eigenvalue weighted by Gasteiger charge is -2.24. The number of carbonyl (C=O) groups excluding carboxylic acids is 1. The molecule has 29 heavy (non-hydrogen) atoms. The molecule has 2 saturated heterocycles. The summed E-state index contributed by atoms with van der Waals surface area (Å²) < 4.78 is 34.7. The Balaban J connectivity index is 1.71. The number of amides is 1. The van der Waals surface area contributed by atoms with E-state index in [9.17, 15) is 13.2 Å². The highest BCUT2D eigenvalue weighted by Crippen LogP contribution is 2.41. The van der Waals surface area contributed by atoms with E-state index >= 15 is 0 Å². The molecule has 2 aliphatic heterocycles. The smallest absolute Gasteiger partial charge is 0.279 e. The van der Waals surface area contributed by atoms with Crippen LogP contribution in [0, 0.1) is 0 Å². The molecule has 0 saturated carbocycles. The first-order valence-electron chi connectivity index (χ1n) is 8.97. The first kappa shape index (κ1) is 19.8. The molecule has 7 nitrogen and oxygen atoms in total. The number of amidine groups is 1. The van der Waals surface area contributed by atoms with Crippen LogP contribution in [0.3, 0.4) is 0 Å². The summed E-state index contributed by atoms with van der Waals surface area (Å²) in [4.78, 5) is 19.1. The second-order valence-electron chi connectivity index (χ2n) is 6.81. The molecule has 2 heterocycles. The summed E-state index contributed by atoms with van der Waals surface area (Å²) in [5.74, 6) is 0.698. The minimum atomic E-state index is -3.10. The van der Waals surface area contributed by atoms with Crippen molar-refractivity contribution in [3.63, 3.8) is 0 Å². The number of fused-ring (bicyclic) bond motifs is 1. The van der Waals surface area contributed by atoms with Gasteiger partial charge >= 0.3 is 0 Å². The summed E-state index contributed by atoms with van der Waals surface area (Å²) in [6, 6.07) is 14.1. The van der Waals surface area contributed by atoms with Gasteiger partial charge in [-0.1, -0.05) is 30.0 Å². The van der Waals surface area contributed by atoms with E-state index < -0.39 is 15.7 Å². The van der Waals surface area contributed by atoms with Crippen LogP contribution in [-0.2, 0) is 9.84 Å². The standard InChI is InChI=1S/C20H20N2O5S2/c1-26-15-8-13(9-16(10-15)27-2)19(23)21-20-22(14-6-4-3-5-7-14)17-11-29(24,25)12-18(17)28-20/h3-10,17-18H,11-12H2,1-2H3/t17-,18+/m0/s1. The van der Waals surface area contributed by atoms with Crippen LogP contribution in [0.25, 0.3) is 0 Å². The minimum absolute atomic E-state index is 0.0553. The lowest BCUT2D eigenvalue weighted by Crippen LogP contribution is -2.37. The Kier molecular flexibility index (Phi) is 5.26. The summed E-state index contributed by atoms with van der Waals surface area (Å²) in [6.07, 6.45) is 0. The number of sulfone groups is 1. The molecule has 0 unspecified atom stereocenters. The van der Waals surface area contributed by atoms with Gasteiger partial charge in [0.15, 0.2) is 15.0 Å². The van der Waals surface area contributed by atoms with E-state index in [4.69, 9.17) is 9.47 Å². The third kappa shape index (κ3) is 3.97. The lowest BCUT2D eigenvalue weighted by molar-refractivity contribution is 0.100. The predicted octanol–water partition coefficient (Wildman–Crippen LogP) is 2.62. The molecule has 0 N–H and O–H groups in total. The molecule has 2 fully saturated rings. The second kappa shape index (κ2) is 7.72. The molecular weight excluding hydrogens is 412 g/mol. The van der Waals surface area contributed by atoms with Crippen LogP contribution in [-0.4, -0.2) is 56.5 Å². The van der Waals surface area contributed by atoms with Crippen molar-refractivity contribution < 1.29 is 22.7 Å². The van der Waals surface area contributed by atoms with Crippen LogP contribution in [0.5, 0.6) is 11.5 Å². The number of nitrogens with zero attached hydrogens (tertiary/aromatic N) is 2. The zero-order chi connectivity index (χ0) is 20.6. The van der Waals surface area contributed by atoms with Crippen molar-refractivity contribution in [1.29, 1.82) is 0 Å². The predicted molar refractivity (Wildman–Crippen MR) is 114 cm³/mol. The van der Waals surface area contributed by atoms with Gasteiger partial charge in [0, 0.05) is 22.6 Å². The summed E-state index contributed by atoms with van der Waals surface area (Å²) >= 11 is 1.34. The highest BCUT2D eigenvalue weighted by Gasteiger charge is 2.49. The van der Waals surface area contributed by atoms with Gasteiger partial charge in [-0.05, 0) is 24.3 Å². The van der Waals surface area contributed by atoms with Gasteiger partial charge in [0.2, 0.25) is 0 Å². The monoisotopic (exact) mass is 432 g/mol. The van der Waals surface area contributed by atoms with Gasteiger partial charge < -0.3 is 14.4 Å². The molecule has 1 amide bonds. The largest absolute Gasteiger partial charge is 0.497 e. The highest BCUT2D eigenvalue weighted by atomic mass is 32.2. The van der Waals surface area contributed by atoms with E-state index in [0.29, 0.717) is 22.2 Å². The molecule has 0 spiro atoms. The number of para-hydroxylation sites is 1. The zero-order valence-corrected chi connectivity index (χ0v) is 17.6. The number of anilines is 1. The maximum absolute atomic E-state index is 12.9. The summed E-state index contributed by atoms with van der Waals surface area (Å²) in [7, 11) is -0.0752. The van der Waals surface area contributed by atoms with Crippen LogP contribution in [0.1, 0.15) is 10.4 Å². The third-order valence-corrected chi connectivity index (χ3v) is 8.11. The summed E-state index contributed by atoms with van der Waals surface area (Å²) in [5.41, 5.74) is 1.16. The van der Waals surface area contributed by atoms with Crippen LogP contribution < -0.4 is 14.4 Å². The van der Waals surface area contributed by atoms with Crippen molar-refractivity contribution >= 4 is 38.4 Å². The Morgan fingerprint density at radius 3 is 2.34 bits per heavy atom. The molecule has 0 bridgehead atoms. The summed E-state index contributed by atoms with van der Waals surface area (Å²) in [5, 5.41) is 0.361. The molecule has 0 aliphatic carbocycles. The van der Waals surface area contributed by atoms with Crippen molar-refractivity contribution in [1.82, 2.24) is 0 Å². The number of thioether (sulfide) groups is 1. The average Bonchev–Trinajstić information content (AvgIpc) is 3.18. The Morgan fingerprint density at radius 1 is 1.07 bits per heavy atom. The van der Waals surface area contributed by atoms with E-state index in [1.165, 1.54) is 26.0 Å². The van der Waals surface area contributed by atoms with Gasteiger partial charge in [-0.25, -0.2) is 8.42 Å². The first-order valence-corrected chi connectivity index (χ1v) is 11.7. The second-order valence-corrected chi connectivity index (χ2v) is 10.2. The maximum Gasteiger partial charge on any atom is 0.279 e. The summed E-state index contributed by atoms with van der Waals surface area (Å²) in [6.45, 7) is 0. The lowest BCUT2D eigenvalue weighted by atomic mass is 10.2. The van der Waals surface area contributed by atoms with Gasteiger partial charge in [0.1, 0.15) is 11.5 Å². The van der Waals surface area contributed by atoms with Crippen LogP contribution in [0.4, 0.5) is 5.69 Å². The Hall–Kier alpha value is -2.52. The van der Waals surface area contributed by atoms with Gasteiger partial charge in [-0.15, -0.1) is 0 Å². The third-order valence-electron chi connectivity index (χ3n) is 4.90. The van der Waals surface area contributed by atoms with Gasteiger partial charge in [-0.2, -0.15) is 4.99 Å². The van der Waals surface area contributed by atoms with Gasteiger partial charge in [0.25, 0.3) is 5.91 Å². The molecular formula is C20H20N2O5S2. The van der Waals surface area contributed by atoms with Crippen molar-refractivity contribution in [2.24, 2.45) is 4.99 Å². The van der Waals surface area contributed by atoms with Gasteiger partial charge in [0.05, 0.1) is 31.8 Å². The number of hydrogen-bond acceptors (Lipinski definition) is 6. The fourth-order valence-corrected chi connectivity index (χ4v) is 7.45. The molecule has 2 aliphatic rings. The van der Waals surface area contributed by atoms with E-state index in [2.05, 4.69) is 4.99 Å². The molecule has 152 valence electrons. The average molecular weight is 433 g/mol. The number of rotatable bonds is 4. The topological polar surface area (TPSA) is 85.3 Å². The molecule has 2 aromatic carbocycles. The van der Waals surface area contributed by atoms with E-state index in [0.717, 1.165) is 5.69 Å². The molecule has 0 radical (unpaired) electrons. The fourth-order valence-electron chi connectivity index (χ4n) is 3.54. The number of carbonyl (C=O) groups is 1. The highest BCUT2D eigenvalue weighted by molar-refractivity contribution is 8.16. The molecule has 4 rings (SSSR count). The van der Waals surface area contributed by atoms with Crippen LogP contribution in [0.15, 0.2) is 53.5 Å². The first-order chi connectivity index (χ1) is 13.9.